The summed E-state index contributed by atoms with van der Waals surface area (Å²) in [6.07, 6.45) is 0.750. The number of benzene rings is 3. The molecule has 0 bridgehead atoms. The number of ether oxygens (including phenoxy) is 4. The van der Waals surface area contributed by atoms with Crippen LogP contribution in [0.15, 0.2) is 78.9 Å². The maximum Gasteiger partial charge on any atom is 0.328 e. The largest absolute Gasteiger partial charge is 0.489 e. The Kier molecular flexibility index (Phi) is 6.80. The maximum atomic E-state index is 12.1. The van der Waals surface area contributed by atoms with Gasteiger partial charge in [-0.2, -0.15) is 9.97 Å². The number of nitrogens with zero attached hydrogens (tertiary/aromatic N) is 2. The first-order valence-corrected chi connectivity index (χ1v) is 10.2. The van der Waals surface area contributed by atoms with Gasteiger partial charge in [-0.3, -0.25) is 4.79 Å². The van der Waals surface area contributed by atoms with Crippen molar-refractivity contribution in [3.63, 3.8) is 0 Å². The lowest BCUT2D eigenvalue weighted by Crippen LogP contribution is -2.00. The Labute approximate surface area is 191 Å². The first-order valence-electron chi connectivity index (χ1n) is 10.2. The summed E-state index contributed by atoms with van der Waals surface area (Å²) in [7, 11) is 2.96. The molecule has 0 saturated heterocycles. The number of aromatic nitrogens is 2. The molecule has 0 unspecified atom stereocenters. The summed E-state index contributed by atoms with van der Waals surface area (Å²) in [6.45, 7) is 0.447. The van der Waals surface area contributed by atoms with E-state index in [1.54, 1.807) is 12.1 Å². The zero-order valence-electron chi connectivity index (χ0n) is 18.2. The zero-order valence-corrected chi connectivity index (χ0v) is 18.2. The van der Waals surface area contributed by atoms with Crippen LogP contribution < -0.4 is 18.9 Å². The molecule has 0 saturated carbocycles. The van der Waals surface area contributed by atoms with Crippen LogP contribution in [-0.4, -0.2) is 30.5 Å². The first-order chi connectivity index (χ1) is 16.2. The lowest BCUT2D eigenvalue weighted by atomic mass is 9.99. The number of carbonyl (C=O) groups excluding carboxylic acids is 1. The molecule has 1 heterocycles. The van der Waals surface area contributed by atoms with Gasteiger partial charge in [0, 0.05) is 0 Å². The third kappa shape index (κ3) is 5.27. The fourth-order valence-electron chi connectivity index (χ4n) is 3.24. The van der Waals surface area contributed by atoms with Crippen molar-refractivity contribution >= 4 is 6.29 Å². The molecule has 0 atom stereocenters. The summed E-state index contributed by atoms with van der Waals surface area (Å²) >= 11 is 0. The number of carbonyl (C=O) groups is 1. The minimum Gasteiger partial charge on any atom is -0.489 e. The van der Waals surface area contributed by atoms with Gasteiger partial charge in [0.25, 0.3) is 0 Å². The second-order valence-corrected chi connectivity index (χ2v) is 6.97. The Morgan fingerprint density at radius 3 is 2.24 bits per heavy atom. The van der Waals surface area contributed by atoms with E-state index in [4.69, 9.17) is 18.9 Å². The molecule has 0 aliphatic carbocycles. The van der Waals surface area contributed by atoms with Crippen LogP contribution in [0.4, 0.5) is 0 Å². The van der Waals surface area contributed by atoms with Gasteiger partial charge >= 0.3 is 6.01 Å². The summed E-state index contributed by atoms with van der Waals surface area (Å²) < 4.78 is 22.1. The Bertz CT molecular complexity index is 1220. The molecule has 166 valence electrons. The van der Waals surface area contributed by atoms with Gasteiger partial charge in [-0.1, -0.05) is 54.6 Å². The summed E-state index contributed by atoms with van der Waals surface area (Å²) in [5.74, 6) is 1.57. The lowest BCUT2D eigenvalue weighted by Gasteiger charge is -2.13. The van der Waals surface area contributed by atoms with E-state index in [-0.39, 0.29) is 17.8 Å². The minimum absolute atomic E-state index is 0.00592. The Morgan fingerprint density at radius 2 is 1.55 bits per heavy atom. The number of rotatable bonds is 9. The van der Waals surface area contributed by atoms with Crippen molar-refractivity contribution in [2.24, 2.45) is 0 Å². The Hall–Kier alpha value is -4.39. The quantitative estimate of drug-likeness (QED) is 0.324. The highest BCUT2D eigenvalue weighted by atomic mass is 16.5. The average Bonchev–Trinajstić information content (AvgIpc) is 2.87. The smallest absolute Gasteiger partial charge is 0.328 e. The average molecular weight is 442 g/mol. The van der Waals surface area contributed by atoms with Gasteiger partial charge in [0.15, 0.2) is 6.29 Å². The van der Waals surface area contributed by atoms with Crippen molar-refractivity contribution in [2.75, 3.05) is 14.2 Å². The number of aldehydes is 1. The highest BCUT2D eigenvalue weighted by Gasteiger charge is 2.15. The molecule has 4 aromatic rings. The predicted octanol–water partition coefficient (Wildman–Crippen LogP) is 5.34. The normalized spacial score (nSPS) is 10.4. The van der Waals surface area contributed by atoms with E-state index < -0.39 is 0 Å². The number of hydrogen-bond donors (Lipinski definition) is 0. The number of hydrogen-bond acceptors (Lipinski definition) is 7. The topological polar surface area (TPSA) is 79.8 Å². The monoisotopic (exact) mass is 442 g/mol. The van der Waals surface area contributed by atoms with Crippen LogP contribution in [0.2, 0.25) is 0 Å². The maximum absolute atomic E-state index is 12.1. The molecule has 33 heavy (non-hydrogen) atoms. The minimum atomic E-state index is 0.00592. The molecule has 0 spiro atoms. The van der Waals surface area contributed by atoms with Crippen LogP contribution in [0.5, 0.6) is 29.3 Å². The second kappa shape index (κ2) is 10.3. The van der Waals surface area contributed by atoms with Crippen LogP contribution in [0, 0.1) is 0 Å². The molecule has 0 N–H and O–H groups in total. The highest BCUT2D eigenvalue weighted by Crippen LogP contribution is 2.34. The molecule has 0 amide bonds. The third-order valence-electron chi connectivity index (χ3n) is 4.86. The Balaban J connectivity index is 1.62. The molecule has 0 radical (unpaired) electrons. The van der Waals surface area contributed by atoms with E-state index in [9.17, 15) is 4.79 Å². The third-order valence-corrected chi connectivity index (χ3v) is 4.86. The van der Waals surface area contributed by atoms with E-state index in [0.29, 0.717) is 29.2 Å². The van der Waals surface area contributed by atoms with Crippen LogP contribution in [0.1, 0.15) is 15.9 Å². The van der Waals surface area contributed by atoms with E-state index in [0.717, 1.165) is 17.4 Å². The van der Waals surface area contributed by atoms with E-state index in [1.807, 2.05) is 60.7 Å². The molecule has 7 heteroatoms. The molecule has 0 aliphatic rings. The van der Waals surface area contributed by atoms with Crippen molar-refractivity contribution in [3.8, 4) is 40.4 Å². The van der Waals surface area contributed by atoms with Crippen molar-refractivity contribution in [2.45, 2.75) is 6.61 Å². The SMILES string of the molecule is COc1cc(OC)nc(Oc2cccc(-c3cccc(OCc4ccccc4)c3)c2C=O)n1. The van der Waals surface area contributed by atoms with Gasteiger partial charge in [-0.15, -0.1) is 0 Å². The van der Waals surface area contributed by atoms with E-state index in [2.05, 4.69) is 9.97 Å². The van der Waals surface area contributed by atoms with E-state index >= 15 is 0 Å². The van der Waals surface area contributed by atoms with Crippen LogP contribution in [0.3, 0.4) is 0 Å². The first kappa shape index (κ1) is 21.8. The molecule has 0 fully saturated rings. The van der Waals surface area contributed by atoms with Crippen molar-refractivity contribution < 1.29 is 23.7 Å². The van der Waals surface area contributed by atoms with Gasteiger partial charge in [0.05, 0.1) is 25.8 Å². The van der Waals surface area contributed by atoms with Crippen LogP contribution in [-0.2, 0) is 6.61 Å². The molecule has 4 rings (SSSR count). The van der Waals surface area contributed by atoms with E-state index in [1.165, 1.54) is 20.3 Å². The molecular weight excluding hydrogens is 420 g/mol. The van der Waals surface area contributed by atoms with Crippen molar-refractivity contribution in [3.05, 3.63) is 90.0 Å². The standard InChI is InChI=1S/C26H22N2O5/c1-30-24-15-25(31-2)28-26(27-24)33-23-13-7-12-21(22(23)16-29)19-10-6-11-20(14-19)32-17-18-8-4-3-5-9-18/h3-16H,17H2,1-2H3. The lowest BCUT2D eigenvalue weighted by molar-refractivity contribution is 0.112. The van der Waals surface area contributed by atoms with Gasteiger partial charge < -0.3 is 18.9 Å². The van der Waals surface area contributed by atoms with Gasteiger partial charge in [0.2, 0.25) is 11.8 Å². The summed E-state index contributed by atoms with van der Waals surface area (Å²) in [5.41, 5.74) is 2.95. The molecule has 7 nitrogen and oxygen atoms in total. The molecular formula is C26H22N2O5. The summed E-state index contributed by atoms with van der Waals surface area (Å²) in [6, 6.07) is 24.3. The summed E-state index contributed by atoms with van der Waals surface area (Å²) in [4.78, 5) is 20.4. The van der Waals surface area contributed by atoms with Crippen LogP contribution in [0.25, 0.3) is 11.1 Å². The molecule has 1 aromatic heterocycles. The number of methoxy groups -OCH3 is 2. The fraction of sp³-hybridized carbons (Fsp3) is 0.115. The van der Waals surface area contributed by atoms with Crippen molar-refractivity contribution in [1.29, 1.82) is 0 Å². The molecule has 3 aromatic carbocycles. The second-order valence-electron chi connectivity index (χ2n) is 6.97. The highest BCUT2D eigenvalue weighted by molar-refractivity contribution is 5.91. The van der Waals surface area contributed by atoms with Gasteiger partial charge in [0.1, 0.15) is 18.1 Å². The van der Waals surface area contributed by atoms with Gasteiger partial charge in [-0.25, -0.2) is 0 Å². The molecule has 0 aliphatic heterocycles. The Morgan fingerprint density at radius 1 is 0.818 bits per heavy atom. The summed E-state index contributed by atoms with van der Waals surface area (Å²) in [5, 5.41) is 0. The van der Waals surface area contributed by atoms with Crippen LogP contribution >= 0.6 is 0 Å². The van der Waals surface area contributed by atoms with Gasteiger partial charge in [-0.05, 0) is 34.9 Å². The predicted molar refractivity (Wildman–Crippen MR) is 123 cm³/mol. The van der Waals surface area contributed by atoms with Crippen molar-refractivity contribution in [1.82, 2.24) is 9.97 Å². The fourth-order valence-corrected chi connectivity index (χ4v) is 3.24. The zero-order chi connectivity index (χ0) is 23.0.